The summed E-state index contributed by atoms with van der Waals surface area (Å²) in [6, 6.07) is 5.78. The summed E-state index contributed by atoms with van der Waals surface area (Å²) < 4.78 is 13.0. The molecule has 0 aliphatic heterocycles. The van der Waals surface area contributed by atoms with Gasteiger partial charge in [0, 0.05) is 25.1 Å². The summed E-state index contributed by atoms with van der Waals surface area (Å²) in [4.78, 5) is 14.0. The number of hydrogen-bond acceptors (Lipinski definition) is 3. The Balaban J connectivity index is 2.46. The highest BCUT2D eigenvalue weighted by Crippen LogP contribution is 2.07. The van der Waals surface area contributed by atoms with Gasteiger partial charge in [0.1, 0.15) is 5.82 Å². The molecule has 0 bridgehead atoms. The van der Waals surface area contributed by atoms with E-state index in [1.807, 2.05) is 0 Å². The Hall–Kier alpha value is -1.26. The first-order valence-electron chi connectivity index (χ1n) is 6.79. The molecule has 4 heteroatoms. The molecule has 106 valence electrons. The van der Waals surface area contributed by atoms with Crippen LogP contribution in [0.25, 0.3) is 0 Å². The minimum absolute atomic E-state index is 0.0565. The maximum atomic E-state index is 13.0. The van der Waals surface area contributed by atoms with Crippen LogP contribution in [0.1, 0.15) is 36.5 Å². The Bertz CT molecular complexity index is 395. The van der Waals surface area contributed by atoms with Gasteiger partial charge in [0.15, 0.2) is 5.78 Å². The number of carbonyl (C=O) groups excluding carboxylic acids is 1. The fourth-order valence-electron chi connectivity index (χ4n) is 1.92. The molecule has 0 spiro atoms. The van der Waals surface area contributed by atoms with Crippen LogP contribution < -0.4 is 0 Å². The SMILES string of the molecule is CCCCN(CCO)CCC(=O)c1cccc(F)c1. The third kappa shape index (κ3) is 5.94. The molecule has 0 amide bonds. The van der Waals surface area contributed by atoms with Crippen molar-refractivity contribution in [2.45, 2.75) is 26.2 Å². The van der Waals surface area contributed by atoms with Crippen molar-refractivity contribution < 1.29 is 14.3 Å². The van der Waals surface area contributed by atoms with Crippen molar-refractivity contribution in [2.75, 3.05) is 26.2 Å². The standard InChI is InChI=1S/C15H22FNO2/c1-2-3-8-17(10-11-18)9-7-15(19)13-5-4-6-14(16)12-13/h4-6,12,18H,2-3,7-11H2,1H3. The number of carbonyl (C=O) groups is 1. The quantitative estimate of drug-likeness (QED) is 0.699. The molecule has 0 saturated carbocycles. The summed E-state index contributed by atoms with van der Waals surface area (Å²) >= 11 is 0. The second-order valence-electron chi connectivity index (χ2n) is 4.60. The van der Waals surface area contributed by atoms with Crippen LogP contribution in [0.2, 0.25) is 0 Å². The van der Waals surface area contributed by atoms with E-state index in [1.165, 1.54) is 12.1 Å². The number of Topliss-reactive ketones (excluding diaryl/α,β-unsaturated/α-hetero) is 1. The number of hydrogen-bond donors (Lipinski definition) is 1. The normalized spacial score (nSPS) is 10.9. The van der Waals surface area contributed by atoms with E-state index in [-0.39, 0.29) is 18.2 Å². The first-order chi connectivity index (χ1) is 9.17. The molecule has 0 unspecified atom stereocenters. The van der Waals surface area contributed by atoms with Gasteiger partial charge < -0.3 is 10.0 Å². The van der Waals surface area contributed by atoms with Crippen molar-refractivity contribution in [3.05, 3.63) is 35.6 Å². The summed E-state index contributed by atoms with van der Waals surface area (Å²) in [6.07, 6.45) is 2.49. The molecule has 0 saturated heterocycles. The summed E-state index contributed by atoms with van der Waals surface area (Å²) in [5, 5.41) is 8.98. The van der Waals surface area contributed by atoms with Crippen molar-refractivity contribution in [2.24, 2.45) is 0 Å². The molecular formula is C15H22FNO2. The van der Waals surface area contributed by atoms with Gasteiger partial charge in [-0.15, -0.1) is 0 Å². The maximum Gasteiger partial charge on any atom is 0.164 e. The highest BCUT2D eigenvalue weighted by atomic mass is 19.1. The van der Waals surface area contributed by atoms with Gasteiger partial charge in [-0.3, -0.25) is 4.79 Å². The molecule has 0 aliphatic carbocycles. The zero-order chi connectivity index (χ0) is 14.1. The topological polar surface area (TPSA) is 40.5 Å². The molecule has 1 aromatic rings. The summed E-state index contributed by atoms with van der Waals surface area (Å²) in [5.74, 6) is -0.442. The van der Waals surface area contributed by atoms with Crippen LogP contribution in [-0.4, -0.2) is 42.0 Å². The van der Waals surface area contributed by atoms with Gasteiger partial charge in [-0.2, -0.15) is 0 Å². The average Bonchev–Trinajstić information content (AvgIpc) is 2.41. The van der Waals surface area contributed by atoms with Gasteiger partial charge in [-0.05, 0) is 25.1 Å². The lowest BCUT2D eigenvalue weighted by molar-refractivity contribution is 0.0956. The van der Waals surface area contributed by atoms with Crippen LogP contribution in [-0.2, 0) is 0 Å². The molecule has 1 rings (SSSR count). The van der Waals surface area contributed by atoms with E-state index < -0.39 is 0 Å². The Morgan fingerprint density at radius 3 is 2.74 bits per heavy atom. The van der Waals surface area contributed by atoms with Crippen molar-refractivity contribution in [1.29, 1.82) is 0 Å². The number of ketones is 1. The van der Waals surface area contributed by atoms with Gasteiger partial charge in [0.25, 0.3) is 0 Å². The monoisotopic (exact) mass is 267 g/mol. The average molecular weight is 267 g/mol. The lowest BCUT2D eigenvalue weighted by atomic mass is 10.1. The first kappa shape index (κ1) is 15.8. The molecular weight excluding hydrogens is 245 g/mol. The Labute approximate surface area is 114 Å². The van der Waals surface area contributed by atoms with Crippen LogP contribution in [0, 0.1) is 5.82 Å². The molecule has 0 radical (unpaired) electrons. The van der Waals surface area contributed by atoms with Crippen molar-refractivity contribution >= 4 is 5.78 Å². The van der Waals surface area contributed by atoms with E-state index in [4.69, 9.17) is 5.11 Å². The molecule has 0 aliphatic rings. The van der Waals surface area contributed by atoms with Crippen LogP contribution in [0.5, 0.6) is 0 Å². The zero-order valence-electron chi connectivity index (χ0n) is 11.4. The molecule has 0 atom stereocenters. The fraction of sp³-hybridized carbons (Fsp3) is 0.533. The van der Waals surface area contributed by atoms with Crippen molar-refractivity contribution in [1.82, 2.24) is 4.90 Å². The Morgan fingerprint density at radius 1 is 1.32 bits per heavy atom. The molecule has 0 fully saturated rings. The Morgan fingerprint density at radius 2 is 2.11 bits per heavy atom. The van der Waals surface area contributed by atoms with Gasteiger partial charge in [-0.25, -0.2) is 4.39 Å². The number of aliphatic hydroxyl groups is 1. The van der Waals surface area contributed by atoms with E-state index >= 15 is 0 Å². The van der Waals surface area contributed by atoms with Crippen molar-refractivity contribution in [3.8, 4) is 0 Å². The summed E-state index contributed by atoms with van der Waals surface area (Å²) in [6.45, 7) is 4.27. The maximum absolute atomic E-state index is 13.0. The van der Waals surface area contributed by atoms with Crippen molar-refractivity contribution in [3.63, 3.8) is 0 Å². The van der Waals surface area contributed by atoms with E-state index in [2.05, 4.69) is 11.8 Å². The molecule has 1 N–H and O–H groups in total. The van der Waals surface area contributed by atoms with Gasteiger partial charge >= 0.3 is 0 Å². The van der Waals surface area contributed by atoms with E-state index in [1.54, 1.807) is 12.1 Å². The van der Waals surface area contributed by atoms with Crippen LogP contribution in [0.15, 0.2) is 24.3 Å². The lowest BCUT2D eigenvalue weighted by Crippen LogP contribution is -2.30. The van der Waals surface area contributed by atoms with Crippen LogP contribution >= 0.6 is 0 Å². The van der Waals surface area contributed by atoms with Gasteiger partial charge in [-0.1, -0.05) is 25.5 Å². The molecule has 3 nitrogen and oxygen atoms in total. The third-order valence-corrected chi connectivity index (χ3v) is 3.05. The number of aliphatic hydroxyl groups excluding tert-OH is 1. The lowest BCUT2D eigenvalue weighted by Gasteiger charge is -2.20. The minimum Gasteiger partial charge on any atom is -0.395 e. The highest BCUT2D eigenvalue weighted by Gasteiger charge is 2.10. The number of nitrogens with zero attached hydrogens (tertiary/aromatic N) is 1. The second kappa shape index (κ2) is 8.77. The van der Waals surface area contributed by atoms with E-state index in [0.717, 1.165) is 19.4 Å². The number of unbranched alkanes of at least 4 members (excludes halogenated alkanes) is 1. The highest BCUT2D eigenvalue weighted by molar-refractivity contribution is 5.96. The number of halogens is 1. The fourth-order valence-corrected chi connectivity index (χ4v) is 1.92. The molecule has 1 aromatic carbocycles. The largest absolute Gasteiger partial charge is 0.395 e. The summed E-state index contributed by atoms with van der Waals surface area (Å²) in [5.41, 5.74) is 0.416. The van der Waals surface area contributed by atoms with E-state index in [0.29, 0.717) is 25.1 Å². The molecule has 19 heavy (non-hydrogen) atoms. The minimum atomic E-state index is -0.385. The van der Waals surface area contributed by atoms with Gasteiger partial charge in [0.05, 0.1) is 6.61 Å². The molecule has 0 aromatic heterocycles. The Kier molecular flexibility index (Phi) is 7.30. The predicted molar refractivity (Wildman–Crippen MR) is 73.8 cm³/mol. The van der Waals surface area contributed by atoms with Crippen LogP contribution in [0.3, 0.4) is 0 Å². The summed E-state index contributed by atoms with van der Waals surface area (Å²) in [7, 11) is 0. The smallest absolute Gasteiger partial charge is 0.164 e. The zero-order valence-corrected chi connectivity index (χ0v) is 11.4. The predicted octanol–water partition coefficient (Wildman–Crippen LogP) is 2.49. The van der Waals surface area contributed by atoms with Crippen LogP contribution in [0.4, 0.5) is 4.39 Å². The third-order valence-electron chi connectivity index (χ3n) is 3.05. The van der Waals surface area contributed by atoms with Gasteiger partial charge in [0.2, 0.25) is 0 Å². The number of rotatable bonds is 9. The first-order valence-corrected chi connectivity index (χ1v) is 6.79. The second-order valence-corrected chi connectivity index (χ2v) is 4.60. The molecule has 0 heterocycles. The van der Waals surface area contributed by atoms with E-state index in [9.17, 15) is 9.18 Å². The number of benzene rings is 1.